The Bertz CT molecular complexity index is 510. The fourth-order valence-electron chi connectivity index (χ4n) is 1.14. The molecule has 2 heterocycles. The molecule has 0 radical (unpaired) electrons. The van der Waals surface area contributed by atoms with Crippen molar-refractivity contribution in [1.29, 1.82) is 0 Å². The molecule has 5 nitrogen and oxygen atoms in total. The maximum Gasteiger partial charge on any atom is 0.341 e. The molecular formula is C9H5FN2O3. The van der Waals surface area contributed by atoms with Crippen LogP contribution < -0.4 is 0 Å². The average molecular weight is 208 g/mol. The average Bonchev–Trinajstić information content (AvgIpc) is 2.67. The van der Waals surface area contributed by atoms with Crippen molar-refractivity contribution in [3.05, 3.63) is 36.0 Å². The van der Waals surface area contributed by atoms with Gasteiger partial charge in [0.15, 0.2) is 5.76 Å². The van der Waals surface area contributed by atoms with E-state index < -0.39 is 11.9 Å². The maximum absolute atomic E-state index is 13.2. The second-order valence-corrected chi connectivity index (χ2v) is 2.72. The first kappa shape index (κ1) is 9.32. The Morgan fingerprint density at radius 3 is 3.00 bits per heavy atom. The smallest absolute Gasteiger partial charge is 0.341 e. The van der Waals surface area contributed by atoms with E-state index in [2.05, 4.69) is 14.7 Å². The van der Waals surface area contributed by atoms with E-state index in [1.54, 1.807) is 0 Å². The number of aromatic carboxylic acids is 1. The molecule has 0 fully saturated rings. The molecule has 6 heteroatoms. The molecule has 0 spiro atoms. The van der Waals surface area contributed by atoms with Crippen LogP contribution in [0.5, 0.6) is 0 Å². The van der Waals surface area contributed by atoms with Crippen LogP contribution >= 0.6 is 0 Å². The summed E-state index contributed by atoms with van der Waals surface area (Å²) >= 11 is 0. The van der Waals surface area contributed by atoms with E-state index in [0.717, 1.165) is 6.20 Å². The molecule has 0 aliphatic carbocycles. The van der Waals surface area contributed by atoms with Gasteiger partial charge in [-0.15, -0.1) is 0 Å². The molecule has 0 aromatic carbocycles. The largest absolute Gasteiger partial charge is 0.477 e. The maximum atomic E-state index is 13.2. The van der Waals surface area contributed by atoms with Crippen molar-refractivity contribution in [2.45, 2.75) is 0 Å². The Balaban J connectivity index is 2.59. The molecule has 2 aromatic heterocycles. The van der Waals surface area contributed by atoms with Crippen LogP contribution in [0, 0.1) is 5.95 Å². The number of hydrogen-bond acceptors (Lipinski definition) is 4. The molecule has 0 unspecified atom stereocenters. The number of carbonyl (C=O) groups is 1. The number of carboxylic acids is 1. The highest BCUT2D eigenvalue weighted by atomic mass is 19.1. The molecule has 15 heavy (non-hydrogen) atoms. The third-order valence-corrected chi connectivity index (χ3v) is 1.80. The van der Waals surface area contributed by atoms with Gasteiger partial charge >= 0.3 is 5.97 Å². The molecule has 0 bridgehead atoms. The molecule has 1 N–H and O–H groups in total. The van der Waals surface area contributed by atoms with E-state index in [4.69, 9.17) is 5.11 Å². The van der Waals surface area contributed by atoms with Gasteiger partial charge < -0.3 is 9.63 Å². The first-order valence-corrected chi connectivity index (χ1v) is 3.99. The summed E-state index contributed by atoms with van der Waals surface area (Å²) in [6.07, 6.45) is 2.28. The number of halogens is 1. The third-order valence-electron chi connectivity index (χ3n) is 1.80. The summed E-state index contributed by atoms with van der Waals surface area (Å²) in [7, 11) is 0. The fourth-order valence-corrected chi connectivity index (χ4v) is 1.14. The molecule has 0 saturated heterocycles. The van der Waals surface area contributed by atoms with Crippen LogP contribution in [-0.4, -0.2) is 21.2 Å². The van der Waals surface area contributed by atoms with E-state index in [1.807, 2.05) is 0 Å². The molecule has 76 valence electrons. The lowest BCUT2D eigenvalue weighted by molar-refractivity contribution is 0.0697. The van der Waals surface area contributed by atoms with E-state index in [0.29, 0.717) is 0 Å². The molecule has 0 amide bonds. The fraction of sp³-hybridized carbons (Fsp3) is 0. The lowest BCUT2D eigenvalue weighted by atomic mass is 10.1. The molecular weight excluding hydrogens is 203 g/mol. The van der Waals surface area contributed by atoms with Crippen molar-refractivity contribution in [2.75, 3.05) is 0 Å². The number of carboxylic acid groups (broad SMARTS) is 1. The Labute approximate surface area is 83.2 Å². The minimum Gasteiger partial charge on any atom is -0.477 e. The molecule has 2 rings (SSSR count). The van der Waals surface area contributed by atoms with Crippen molar-refractivity contribution in [2.24, 2.45) is 0 Å². The van der Waals surface area contributed by atoms with Crippen LogP contribution in [0.2, 0.25) is 0 Å². The van der Waals surface area contributed by atoms with E-state index >= 15 is 0 Å². The van der Waals surface area contributed by atoms with Crippen LogP contribution in [0.25, 0.3) is 11.3 Å². The van der Waals surface area contributed by atoms with Gasteiger partial charge in [-0.1, -0.05) is 5.16 Å². The van der Waals surface area contributed by atoms with Crippen LogP contribution in [0.1, 0.15) is 10.4 Å². The van der Waals surface area contributed by atoms with Gasteiger partial charge in [0, 0.05) is 6.20 Å². The Kier molecular flexibility index (Phi) is 2.17. The van der Waals surface area contributed by atoms with E-state index in [9.17, 15) is 9.18 Å². The number of aromatic nitrogens is 2. The summed E-state index contributed by atoms with van der Waals surface area (Å²) in [5.41, 5.74) is -0.214. The number of nitrogens with zero attached hydrogens (tertiary/aromatic N) is 2. The van der Waals surface area contributed by atoms with Crippen molar-refractivity contribution in [1.82, 2.24) is 10.1 Å². The lowest BCUT2D eigenvalue weighted by Gasteiger charge is -1.97. The normalized spacial score (nSPS) is 10.2. The number of hydrogen-bond donors (Lipinski definition) is 1. The number of rotatable bonds is 2. The zero-order valence-electron chi connectivity index (χ0n) is 7.35. The zero-order valence-corrected chi connectivity index (χ0v) is 7.35. The van der Waals surface area contributed by atoms with Crippen LogP contribution in [0.3, 0.4) is 0 Å². The summed E-state index contributed by atoms with van der Waals surface area (Å²) in [5.74, 6) is -2.15. The van der Waals surface area contributed by atoms with Crippen molar-refractivity contribution in [3.8, 4) is 11.3 Å². The molecule has 0 aliphatic rings. The van der Waals surface area contributed by atoms with E-state index in [-0.39, 0.29) is 16.9 Å². The molecule has 2 aromatic rings. The minimum atomic E-state index is -1.23. The highest BCUT2D eigenvalue weighted by Crippen LogP contribution is 2.24. The summed E-state index contributed by atoms with van der Waals surface area (Å²) in [5, 5.41) is 12.1. The highest BCUT2D eigenvalue weighted by Gasteiger charge is 2.19. The first-order chi connectivity index (χ1) is 7.20. The van der Waals surface area contributed by atoms with Gasteiger partial charge in [-0.3, -0.25) is 0 Å². The van der Waals surface area contributed by atoms with Gasteiger partial charge in [-0.05, 0) is 12.1 Å². The van der Waals surface area contributed by atoms with Crippen LogP contribution in [0.15, 0.2) is 29.0 Å². The van der Waals surface area contributed by atoms with Crippen LogP contribution in [0.4, 0.5) is 4.39 Å². The molecule has 0 atom stereocenters. The lowest BCUT2D eigenvalue weighted by Crippen LogP contribution is -1.97. The molecule has 0 aliphatic heterocycles. The van der Waals surface area contributed by atoms with Gasteiger partial charge in [0.05, 0.1) is 11.8 Å². The monoisotopic (exact) mass is 208 g/mol. The standard InChI is InChI=1S/C9H5FN2O3/c10-8-5(2-1-3-11-8)7-6(9(13)14)4-12-15-7/h1-4H,(H,13,14). The summed E-state index contributed by atoms with van der Waals surface area (Å²) in [6, 6.07) is 2.85. The van der Waals surface area contributed by atoms with Crippen molar-refractivity contribution in [3.63, 3.8) is 0 Å². The van der Waals surface area contributed by atoms with Crippen molar-refractivity contribution >= 4 is 5.97 Å². The zero-order chi connectivity index (χ0) is 10.8. The summed E-state index contributed by atoms with van der Waals surface area (Å²) in [4.78, 5) is 14.1. The Hall–Kier alpha value is -2.24. The predicted octanol–water partition coefficient (Wildman–Crippen LogP) is 1.57. The second kappa shape index (κ2) is 3.49. The minimum absolute atomic E-state index is 0.0209. The van der Waals surface area contributed by atoms with Gasteiger partial charge in [0.2, 0.25) is 5.95 Å². The van der Waals surface area contributed by atoms with Gasteiger partial charge in [0.1, 0.15) is 5.56 Å². The second-order valence-electron chi connectivity index (χ2n) is 2.72. The molecule has 0 saturated carbocycles. The topological polar surface area (TPSA) is 76.2 Å². The highest BCUT2D eigenvalue weighted by molar-refractivity contribution is 5.93. The quantitative estimate of drug-likeness (QED) is 0.758. The predicted molar refractivity (Wildman–Crippen MR) is 46.7 cm³/mol. The first-order valence-electron chi connectivity index (χ1n) is 3.99. The number of pyridine rings is 1. The summed E-state index contributed by atoms with van der Waals surface area (Å²) in [6.45, 7) is 0. The van der Waals surface area contributed by atoms with Gasteiger partial charge in [0.25, 0.3) is 0 Å². The summed E-state index contributed by atoms with van der Waals surface area (Å²) < 4.78 is 17.9. The Morgan fingerprint density at radius 2 is 2.33 bits per heavy atom. The third kappa shape index (κ3) is 1.56. The van der Waals surface area contributed by atoms with E-state index in [1.165, 1.54) is 18.3 Å². The van der Waals surface area contributed by atoms with Gasteiger partial charge in [-0.25, -0.2) is 9.78 Å². The van der Waals surface area contributed by atoms with Crippen LogP contribution in [-0.2, 0) is 0 Å². The van der Waals surface area contributed by atoms with Gasteiger partial charge in [-0.2, -0.15) is 4.39 Å². The van der Waals surface area contributed by atoms with Crippen molar-refractivity contribution < 1.29 is 18.8 Å². The Morgan fingerprint density at radius 1 is 1.53 bits per heavy atom. The SMILES string of the molecule is O=C(O)c1cnoc1-c1cccnc1F.